The molecule has 0 unspecified atom stereocenters. The minimum atomic E-state index is -0.0130. The number of hydrogen-bond donors (Lipinski definition) is 1. The van der Waals surface area contributed by atoms with Crippen LogP contribution in [0, 0.1) is 11.3 Å². The molecule has 1 heterocycles. The summed E-state index contributed by atoms with van der Waals surface area (Å²) >= 11 is 0. The standard InChI is InChI=1S/C12H11N3O/c1-8(16)9(7-13)12-14-10-5-3-4-6-11(10)15(12)2/h3-6,16H,1-2H3. The number of hydrogen-bond acceptors (Lipinski definition) is 3. The summed E-state index contributed by atoms with van der Waals surface area (Å²) in [6.45, 7) is 1.48. The van der Waals surface area contributed by atoms with Gasteiger partial charge in [-0.1, -0.05) is 12.1 Å². The third kappa shape index (κ3) is 1.43. The Balaban J connectivity index is 2.77. The fraction of sp³-hybridized carbons (Fsp3) is 0.167. The average Bonchev–Trinajstić information content (AvgIpc) is 2.58. The summed E-state index contributed by atoms with van der Waals surface area (Å²) in [5.74, 6) is 0.476. The molecular formula is C12H11N3O. The summed E-state index contributed by atoms with van der Waals surface area (Å²) in [6.07, 6.45) is 0. The lowest BCUT2D eigenvalue weighted by molar-refractivity contribution is 0.417. The van der Waals surface area contributed by atoms with E-state index < -0.39 is 0 Å². The number of allylic oxidation sites excluding steroid dienone is 2. The van der Waals surface area contributed by atoms with E-state index in [1.807, 2.05) is 37.4 Å². The molecule has 80 valence electrons. The molecule has 16 heavy (non-hydrogen) atoms. The van der Waals surface area contributed by atoms with E-state index in [2.05, 4.69) is 4.98 Å². The number of rotatable bonds is 1. The van der Waals surface area contributed by atoms with Gasteiger partial charge in [0.25, 0.3) is 0 Å². The van der Waals surface area contributed by atoms with Gasteiger partial charge in [0.1, 0.15) is 17.4 Å². The summed E-state index contributed by atoms with van der Waals surface area (Å²) in [7, 11) is 1.82. The van der Waals surface area contributed by atoms with E-state index >= 15 is 0 Å². The van der Waals surface area contributed by atoms with Crippen molar-refractivity contribution in [3.63, 3.8) is 0 Å². The van der Waals surface area contributed by atoms with Crippen LogP contribution in [0.1, 0.15) is 12.7 Å². The number of para-hydroxylation sites is 2. The molecule has 0 saturated carbocycles. The minimum Gasteiger partial charge on any atom is -0.511 e. The van der Waals surface area contributed by atoms with Crippen LogP contribution in [0.5, 0.6) is 0 Å². The first-order chi connectivity index (χ1) is 7.65. The maximum Gasteiger partial charge on any atom is 0.154 e. The molecule has 2 aromatic rings. The minimum absolute atomic E-state index is 0.0130. The SMILES string of the molecule is CC(O)=C(C#N)c1nc2ccccc2n1C. The average molecular weight is 213 g/mol. The van der Waals surface area contributed by atoms with Crippen molar-refractivity contribution in [1.82, 2.24) is 9.55 Å². The number of nitriles is 1. The van der Waals surface area contributed by atoms with Crippen molar-refractivity contribution in [2.45, 2.75) is 6.92 Å². The quantitative estimate of drug-likeness (QED) is 0.584. The third-order valence-corrected chi connectivity index (χ3v) is 2.48. The molecule has 1 aromatic heterocycles. The first-order valence-corrected chi connectivity index (χ1v) is 4.87. The highest BCUT2D eigenvalue weighted by Gasteiger charge is 2.13. The Bertz CT molecular complexity index is 613. The number of aromatic nitrogens is 2. The highest BCUT2D eigenvalue weighted by Crippen LogP contribution is 2.21. The molecule has 0 atom stereocenters. The van der Waals surface area contributed by atoms with E-state index in [1.54, 1.807) is 4.57 Å². The number of aliphatic hydroxyl groups excluding tert-OH is 1. The summed E-state index contributed by atoms with van der Waals surface area (Å²) in [5.41, 5.74) is 1.96. The number of imidazole rings is 1. The van der Waals surface area contributed by atoms with E-state index in [1.165, 1.54) is 6.92 Å². The van der Waals surface area contributed by atoms with Crippen LogP contribution in [0.15, 0.2) is 30.0 Å². The highest BCUT2D eigenvalue weighted by molar-refractivity contribution is 5.83. The van der Waals surface area contributed by atoms with Gasteiger partial charge in [-0.3, -0.25) is 0 Å². The van der Waals surface area contributed by atoms with Crippen molar-refractivity contribution in [1.29, 1.82) is 5.26 Å². The largest absolute Gasteiger partial charge is 0.511 e. The predicted molar refractivity (Wildman–Crippen MR) is 61.5 cm³/mol. The number of nitrogens with zero attached hydrogens (tertiary/aromatic N) is 3. The maximum atomic E-state index is 9.42. The molecule has 0 bridgehead atoms. The van der Waals surface area contributed by atoms with Crippen molar-refractivity contribution in [3.05, 3.63) is 35.8 Å². The van der Waals surface area contributed by atoms with Crippen molar-refractivity contribution in [3.8, 4) is 6.07 Å². The monoisotopic (exact) mass is 213 g/mol. The van der Waals surface area contributed by atoms with Crippen LogP contribution in [0.25, 0.3) is 16.6 Å². The van der Waals surface area contributed by atoms with Crippen LogP contribution in [0.3, 0.4) is 0 Å². The molecule has 1 N–H and O–H groups in total. The van der Waals surface area contributed by atoms with Crippen LogP contribution < -0.4 is 0 Å². The van der Waals surface area contributed by atoms with Crippen LogP contribution in [-0.2, 0) is 7.05 Å². The Labute approximate surface area is 93.1 Å². The lowest BCUT2D eigenvalue weighted by Crippen LogP contribution is -1.97. The molecule has 1 aromatic carbocycles. The molecular weight excluding hydrogens is 202 g/mol. The van der Waals surface area contributed by atoms with Crippen LogP contribution in [0.4, 0.5) is 0 Å². The second kappa shape index (κ2) is 3.70. The van der Waals surface area contributed by atoms with E-state index in [0.717, 1.165) is 11.0 Å². The van der Waals surface area contributed by atoms with Crippen LogP contribution >= 0.6 is 0 Å². The molecule has 4 heteroatoms. The summed E-state index contributed by atoms with van der Waals surface area (Å²) < 4.78 is 1.80. The van der Waals surface area contributed by atoms with Gasteiger partial charge in [0.2, 0.25) is 0 Å². The van der Waals surface area contributed by atoms with Crippen molar-refractivity contribution >= 4 is 16.6 Å². The Hall–Kier alpha value is -2.28. The zero-order valence-corrected chi connectivity index (χ0v) is 9.10. The second-order valence-electron chi connectivity index (χ2n) is 3.56. The number of benzene rings is 1. The third-order valence-electron chi connectivity index (χ3n) is 2.48. The second-order valence-corrected chi connectivity index (χ2v) is 3.56. The Morgan fingerprint density at radius 1 is 1.44 bits per heavy atom. The number of fused-ring (bicyclic) bond motifs is 1. The van der Waals surface area contributed by atoms with Gasteiger partial charge in [-0.2, -0.15) is 5.26 Å². The van der Waals surface area contributed by atoms with Gasteiger partial charge in [0, 0.05) is 7.05 Å². The Morgan fingerprint density at radius 2 is 2.12 bits per heavy atom. The lowest BCUT2D eigenvalue weighted by atomic mass is 10.2. The van der Waals surface area contributed by atoms with E-state index in [9.17, 15) is 5.11 Å². The maximum absolute atomic E-state index is 9.42. The van der Waals surface area contributed by atoms with E-state index in [-0.39, 0.29) is 11.3 Å². The van der Waals surface area contributed by atoms with Crippen molar-refractivity contribution in [2.75, 3.05) is 0 Å². The van der Waals surface area contributed by atoms with Crippen LogP contribution in [-0.4, -0.2) is 14.7 Å². The Morgan fingerprint density at radius 3 is 2.69 bits per heavy atom. The predicted octanol–water partition coefficient (Wildman–Crippen LogP) is 2.39. The van der Waals surface area contributed by atoms with Gasteiger partial charge in [0.05, 0.1) is 11.0 Å². The zero-order chi connectivity index (χ0) is 11.7. The molecule has 0 radical (unpaired) electrons. The first-order valence-electron chi connectivity index (χ1n) is 4.87. The molecule has 0 fully saturated rings. The normalized spacial score (nSPS) is 12.3. The molecule has 2 rings (SSSR count). The molecule has 4 nitrogen and oxygen atoms in total. The fourth-order valence-electron chi connectivity index (χ4n) is 1.66. The Kier molecular flexibility index (Phi) is 2.37. The molecule has 0 amide bonds. The van der Waals surface area contributed by atoms with Gasteiger partial charge in [-0.15, -0.1) is 0 Å². The van der Waals surface area contributed by atoms with Gasteiger partial charge in [-0.05, 0) is 19.1 Å². The van der Waals surface area contributed by atoms with Crippen molar-refractivity contribution < 1.29 is 5.11 Å². The molecule has 0 aliphatic carbocycles. The number of aryl methyl sites for hydroxylation is 1. The number of aliphatic hydroxyl groups is 1. The molecule has 0 aliphatic rings. The van der Waals surface area contributed by atoms with Gasteiger partial charge in [-0.25, -0.2) is 4.98 Å². The summed E-state index contributed by atoms with van der Waals surface area (Å²) in [4.78, 5) is 4.33. The molecule has 0 aliphatic heterocycles. The smallest absolute Gasteiger partial charge is 0.154 e. The van der Waals surface area contributed by atoms with Gasteiger partial charge >= 0.3 is 0 Å². The highest BCUT2D eigenvalue weighted by atomic mass is 16.3. The summed E-state index contributed by atoms with van der Waals surface area (Å²) in [6, 6.07) is 9.57. The van der Waals surface area contributed by atoms with Crippen LogP contribution in [0.2, 0.25) is 0 Å². The van der Waals surface area contributed by atoms with E-state index in [0.29, 0.717) is 5.82 Å². The van der Waals surface area contributed by atoms with Crippen molar-refractivity contribution in [2.24, 2.45) is 7.05 Å². The molecule has 0 saturated heterocycles. The lowest BCUT2D eigenvalue weighted by Gasteiger charge is -2.00. The van der Waals surface area contributed by atoms with Gasteiger partial charge in [0.15, 0.2) is 5.82 Å². The van der Waals surface area contributed by atoms with E-state index in [4.69, 9.17) is 5.26 Å². The fourth-order valence-corrected chi connectivity index (χ4v) is 1.66. The first kappa shape index (κ1) is 10.2. The molecule has 0 spiro atoms. The zero-order valence-electron chi connectivity index (χ0n) is 9.10. The summed E-state index contributed by atoms with van der Waals surface area (Å²) in [5, 5.41) is 18.4. The topological polar surface area (TPSA) is 61.8 Å². The van der Waals surface area contributed by atoms with Gasteiger partial charge < -0.3 is 9.67 Å².